The summed E-state index contributed by atoms with van der Waals surface area (Å²) in [6.45, 7) is 7.60. The van der Waals surface area contributed by atoms with Crippen molar-refractivity contribution in [3.63, 3.8) is 0 Å². The van der Waals surface area contributed by atoms with Crippen LogP contribution in [-0.2, 0) is 0 Å². The molecule has 0 spiro atoms. The Morgan fingerprint density at radius 2 is 2.05 bits per heavy atom. The van der Waals surface area contributed by atoms with Crippen molar-refractivity contribution in [3.05, 3.63) is 40.6 Å². The SMILES string of the molecule is Cc1cnc(C(C)Nc2nccn(C(C)C)c2=O)o1. The van der Waals surface area contributed by atoms with E-state index in [9.17, 15) is 4.79 Å². The van der Waals surface area contributed by atoms with Crippen LogP contribution in [0.1, 0.15) is 44.5 Å². The van der Waals surface area contributed by atoms with Gasteiger partial charge in [-0.15, -0.1) is 0 Å². The third kappa shape index (κ3) is 2.83. The Bertz CT molecular complexity index is 615. The van der Waals surface area contributed by atoms with Crippen molar-refractivity contribution in [1.29, 1.82) is 0 Å². The summed E-state index contributed by atoms with van der Waals surface area (Å²) in [6.07, 6.45) is 4.94. The fourth-order valence-electron chi connectivity index (χ4n) is 1.77. The molecule has 1 atom stereocenters. The lowest BCUT2D eigenvalue weighted by Gasteiger charge is -2.14. The highest BCUT2D eigenvalue weighted by molar-refractivity contribution is 5.33. The van der Waals surface area contributed by atoms with Gasteiger partial charge in [-0.05, 0) is 27.7 Å². The van der Waals surface area contributed by atoms with Gasteiger partial charge in [-0.3, -0.25) is 4.79 Å². The number of oxazole rings is 1. The van der Waals surface area contributed by atoms with Gasteiger partial charge >= 0.3 is 0 Å². The van der Waals surface area contributed by atoms with Crippen LogP contribution < -0.4 is 10.9 Å². The Hall–Kier alpha value is -2.11. The molecule has 0 saturated carbocycles. The minimum atomic E-state index is -0.211. The average molecular weight is 262 g/mol. The second kappa shape index (κ2) is 5.26. The Balaban J connectivity index is 2.24. The van der Waals surface area contributed by atoms with Crippen LogP contribution in [-0.4, -0.2) is 14.5 Å². The van der Waals surface area contributed by atoms with E-state index >= 15 is 0 Å². The lowest BCUT2D eigenvalue weighted by molar-refractivity contribution is 0.453. The molecule has 0 saturated heterocycles. The average Bonchev–Trinajstić information content (AvgIpc) is 2.78. The van der Waals surface area contributed by atoms with Crippen LogP contribution in [0, 0.1) is 6.92 Å². The van der Waals surface area contributed by atoms with E-state index in [1.165, 1.54) is 0 Å². The summed E-state index contributed by atoms with van der Waals surface area (Å²) >= 11 is 0. The molecular formula is C13H18N4O2. The third-order valence-electron chi connectivity index (χ3n) is 2.79. The van der Waals surface area contributed by atoms with Crippen molar-refractivity contribution in [1.82, 2.24) is 14.5 Å². The molecule has 0 amide bonds. The van der Waals surface area contributed by atoms with E-state index in [1.54, 1.807) is 23.2 Å². The normalized spacial score (nSPS) is 12.7. The lowest BCUT2D eigenvalue weighted by Crippen LogP contribution is -2.26. The van der Waals surface area contributed by atoms with Crippen LogP contribution in [0.3, 0.4) is 0 Å². The highest BCUT2D eigenvalue weighted by Crippen LogP contribution is 2.15. The van der Waals surface area contributed by atoms with Gasteiger partial charge in [-0.25, -0.2) is 9.97 Å². The minimum Gasteiger partial charge on any atom is -0.444 e. The lowest BCUT2D eigenvalue weighted by atomic mass is 10.3. The van der Waals surface area contributed by atoms with Gasteiger partial charge in [0.05, 0.1) is 6.20 Å². The molecule has 6 heteroatoms. The first-order chi connectivity index (χ1) is 8.99. The maximum Gasteiger partial charge on any atom is 0.293 e. The number of aryl methyl sites for hydroxylation is 1. The Morgan fingerprint density at radius 3 is 2.63 bits per heavy atom. The number of hydrogen-bond donors (Lipinski definition) is 1. The maximum absolute atomic E-state index is 12.2. The van der Waals surface area contributed by atoms with Gasteiger partial charge in [0.25, 0.3) is 5.56 Å². The molecule has 2 rings (SSSR count). The number of hydrogen-bond acceptors (Lipinski definition) is 5. The first-order valence-electron chi connectivity index (χ1n) is 6.25. The molecule has 0 aliphatic heterocycles. The van der Waals surface area contributed by atoms with Crippen LogP contribution in [0.4, 0.5) is 5.82 Å². The van der Waals surface area contributed by atoms with Gasteiger partial charge in [0, 0.05) is 18.4 Å². The Morgan fingerprint density at radius 1 is 1.32 bits per heavy atom. The van der Waals surface area contributed by atoms with E-state index in [0.717, 1.165) is 5.76 Å². The molecular weight excluding hydrogens is 244 g/mol. The van der Waals surface area contributed by atoms with Crippen molar-refractivity contribution >= 4 is 5.82 Å². The van der Waals surface area contributed by atoms with Gasteiger partial charge in [0.2, 0.25) is 5.89 Å². The summed E-state index contributed by atoms with van der Waals surface area (Å²) in [4.78, 5) is 20.4. The predicted octanol–water partition coefficient (Wildman–Crippen LogP) is 2.29. The van der Waals surface area contributed by atoms with Crippen LogP contribution >= 0.6 is 0 Å². The third-order valence-corrected chi connectivity index (χ3v) is 2.79. The van der Waals surface area contributed by atoms with Crippen LogP contribution in [0.5, 0.6) is 0 Å². The van der Waals surface area contributed by atoms with Gasteiger partial charge in [-0.2, -0.15) is 0 Å². The quantitative estimate of drug-likeness (QED) is 0.915. The van der Waals surface area contributed by atoms with Crippen LogP contribution in [0.15, 0.2) is 27.8 Å². The van der Waals surface area contributed by atoms with E-state index in [2.05, 4.69) is 15.3 Å². The van der Waals surface area contributed by atoms with Crippen molar-refractivity contribution in [2.45, 2.75) is 39.8 Å². The first-order valence-corrected chi connectivity index (χ1v) is 6.25. The molecule has 19 heavy (non-hydrogen) atoms. The summed E-state index contributed by atoms with van der Waals surface area (Å²) in [5.41, 5.74) is -0.146. The van der Waals surface area contributed by atoms with E-state index in [0.29, 0.717) is 11.7 Å². The standard InChI is InChI=1S/C13H18N4O2/c1-8(2)17-6-5-14-11(13(17)18)16-10(4)12-15-7-9(3)19-12/h5-8,10H,1-4H3,(H,14,16). The number of anilines is 1. The van der Waals surface area contributed by atoms with Crippen molar-refractivity contribution < 1.29 is 4.42 Å². The van der Waals surface area contributed by atoms with E-state index in [-0.39, 0.29) is 17.6 Å². The van der Waals surface area contributed by atoms with Crippen molar-refractivity contribution in [2.24, 2.45) is 0 Å². The molecule has 2 aromatic rings. The van der Waals surface area contributed by atoms with Gasteiger partial charge in [-0.1, -0.05) is 0 Å². The van der Waals surface area contributed by atoms with Crippen LogP contribution in [0.2, 0.25) is 0 Å². The fraction of sp³-hybridized carbons (Fsp3) is 0.462. The van der Waals surface area contributed by atoms with Gasteiger partial charge in [0.1, 0.15) is 11.8 Å². The Labute approximate surface area is 111 Å². The topological polar surface area (TPSA) is 73.0 Å². The minimum absolute atomic E-state index is 0.0929. The fourth-order valence-corrected chi connectivity index (χ4v) is 1.77. The monoisotopic (exact) mass is 262 g/mol. The molecule has 0 aromatic carbocycles. The molecule has 0 aliphatic carbocycles. The molecule has 2 heterocycles. The second-order valence-corrected chi connectivity index (χ2v) is 4.76. The highest BCUT2D eigenvalue weighted by atomic mass is 16.4. The molecule has 6 nitrogen and oxygen atoms in total. The summed E-state index contributed by atoms with van der Waals surface area (Å²) in [5, 5.41) is 3.03. The van der Waals surface area contributed by atoms with Gasteiger partial charge < -0.3 is 14.3 Å². The molecule has 2 aromatic heterocycles. The van der Waals surface area contributed by atoms with Crippen molar-refractivity contribution in [2.75, 3.05) is 5.32 Å². The summed E-state index contributed by atoms with van der Waals surface area (Å²) < 4.78 is 7.05. The predicted molar refractivity (Wildman–Crippen MR) is 72.2 cm³/mol. The summed E-state index contributed by atoms with van der Waals surface area (Å²) in [7, 11) is 0. The molecule has 1 unspecified atom stereocenters. The molecule has 0 aliphatic rings. The zero-order valence-electron chi connectivity index (χ0n) is 11.5. The zero-order chi connectivity index (χ0) is 14.0. The number of rotatable bonds is 4. The van der Waals surface area contributed by atoms with Crippen LogP contribution in [0.25, 0.3) is 0 Å². The maximum atomic E-state index is 12.2. The van der Waals surface area contributed by atoms with E-state index < -0.39 is 0 Å². The second-order valence-electron chi connectivity index (χ2n) is 4.76. The first kappa shape index (κ1) is 13.3. The number of nitrogens with one attached hydrogen (secondary N) is 1. The molecule has 0 radical (unpaired) electrons. The molecule has 102 valence electrons. The van der Waals surface area contributed by atoms with E-state index in [1.807, 2.05) is 27.7 Å². The molecule has 0 bridgehead atoms. The summed E-state index contributed by atoms with van der Waals surface area (Å²) in [6, 6.07) is -0.118. The highest BCUT2D eigenvalue weighted by Gasteiger charge is 2.14. The molecule has 0 fully saturated rings. The van der Waals surface area contributed by atoms with Gasteiger partial charge in [0.15, 0.2) is 5.82 Å². The summed E-state index contributed by atoms with van der Waals surface area (Å²) in [5.74, 6) is 1.59. The van der Waals surface area contributed by atoms with E-state index in [4.69, 9.17) is 4.42 Å². The number of aromatic nitrogens is 3. The smallest absolute Gasteiger partial charge is 0.293 e. The van der Waals surface area contributed by atoms with Crippen molar-refractivity contribution in [3.8, 4) is 0 Å². The zero-order valence-corrected chi connectivity index (χ0v) is 11.5. The molecule has 1 N–H and O–H groups in total. The number of nitrogens with zero attached hydrogens (tertiary/aromatic N) is 3. The Kier molecular flexibility index (Phi) is 3.69. The largest absolute Gasteiger partial charge is 0.444 e.